The molecule has 1 aliphatic rings. The number of aromatic nitrogens is 3. The lowest BCUT2D eigenvalue weighted by atomic mass is 10.0. The van der Waals surface area contributed by atoms with Crippen molar-refractivity contribution in [1.29, 1.82) is 0 Å². The number of fused-ring (bicyclic) bond motifs is 2. The van der Waals surface area contributed by atoms with Gasteiger partial charge in [-0.05, 0) is 25.5 Å². The van der Waals surface area contributed by atoms with Gasteiger partial charge in [0.25, 0.3) is 0 Å². The van der Waals surface area contributed by atoms with E-state index in [-0.39, 0.29) is 43.3 Å². The number of aliphatic hydroxyl groups excluding tert-OH is 1. The summed E-state index contributed by atoms with van der Waals surface area (Å²) in [4.78, 5) is 28.7. The zero-order chi connectivity index (χ0) is 24.7. The van der Waals surface area contributed by atoms with Gasteiger partial charge in [0, 0.05) is 39.0 Å². The molecule has 1 aromatic carbocycles. The lowest BCUT2D eigenvalue weighted by Gasteiger charge is -2.35. The number of nitrogens with one attached hydrogen (secondary N) is 1. The first-order valence-corrected chi connectivity index (χ1v) is 11.5. The van der Waals surface area contributed by atoms with Crippen molar-refractivity contribution in [1.82, 2.24) is 24.8 Å². The number of anilines is 1. The zero-order valence-corrected chi connectivity index (χ0v) is 19.9. The maximum absolute atomic E-state index is 14.0. The summed E-state index contributed by atoms with van der Waals surface area (Å²) < 4.78 is 21.8. The van der Waals surface area contributed by atoms with Crippen molar-refractivity contribution < 1.29 is 23.8 Å². The van der Waals surface area contributed by atoms with Crippen LogP contribution in [0.5, 0.6) is 0 Å². The van der Waals surface area contributed by atoms with Gasteiger partial charge >= 0.3 is 6.03 Å². The predicted molar refractivity (Wildman–Crippen MR) is 123 cm³/mol. The molecule has 186 valence electrons. The van der Waals surface area contributed by atoms with Gasteiger partial charge in [-0.3, -0.25) is 9.48 Å². The number of nitrogens with zero attached hydrogens (tertiary/aromatic N) is 5. The summed E-state index contributed by atoms with van der Waals surface area (Å²) in [5.74, 6) is -0.749. The second-order valence-corrected chi connectivity index (χ2v) is 8.77. The van der Waals surface area contributed by atoms with Crippen molar-refractivity contribution in [2.45, 2.75) is 52.0 Å². The van der Waals surface area contributed by atoms with Crippen molar-refractivity contribution in [2.24, 2.45) is 5.92 Å². The van der Waals surface area contributed by atoms with Gasteiger partial charge in [-0.2, -0.15) is 0 Å². The van der Waals surface area contributed by atoms with Crippen LogP contribution in [-0.2, 0) is 22.7 Å². The molecule has 2 bridgehead atoms. The topological polar surface area (TPSA) is 113 Å². The van der Waals surface area contributed by atoms with Gasteiger partial charge < -0.3 is 25.0 Å². The summed E-state index contributed by atoms with van der Waals surface area (Å²) in [7, 11) is 1.60. The summed E-state index contributed by atoms with van der Waals surface area (Å²) in [6, 6.07) is 5.13. The molecule has 3 amide bonds. The standard InChI is InChI=1S/C23H33FN6O4/c1-16-11-30(17(2)14-31)22(32)9-6-10-29-12-18(26-27-29)15-34-21(16)13-28(3)23(33)25-20-8-5-4-7-19(20)24/h4-5,7-8,12,16-17,21,31H,6,9-11,13-15H2,1-3H3,(H,25,33)/t16-,17-,21+/m1/s1. The number of hydrogen-bond acceptors (Lipinski definition) is 6. The SMILES string of the molecule is C[C@@H]1CN([C@H](C)CO)C(=O)CCCn2cc(nn2)CO[C@H]1CN(C)C(=O)Nc1ccccc1F. The average molecular weight is 477 g/mol. The highest BCUT2D eigenvalue weighted by Crippen LogP contribution is 2.18. The van der Waals surface area contributed by atoms with Crippen LogP contribution < -0.4 is 5.32 Å². The Balaban J connectivity index is 1.76. The maximum atomic E-state index is 14.0. The number of ether oxygens (including phenoxy) is 1. The lowest BCUT2D eigenvalue weighted by Crippen LogP contribution is -2.48. The second-order valence-electron chi connectivity index (χ2n) is 8.77. The average Bonchev–Trinajstić information content (AvgIpc) is 3.27. The van der Waals surface area contributed by atoms with Crippen LogP contribution >= 0.6 is 0 Å². The van der Waals surface area contributed by atoms with Crippen LogP contribution in [-0.4, -0.2) is 80.7 Å². The fourth-order valence-corrected chi connectivity index (χ4v) is 3.82. The molecular weight excluding hydrogens is 443 g/mol. The van der Waals surface area contributed by atoms with Gasteiger partial charge in [-0.1, -0.05) is 24.3 Å². The highest BCUT2D eigenvalue weighted by atomic mass is 19.1. The summed E-state index contributed by atoms with van der Waals surface area (Å²) in [5.41, 5.74) is 0.746. The first-order chi connectivity index (χ1) is 16.3. The Bertz CT molecular complexity index is 970. The number of rotatable bonds is 5. The molecule has 0 spiro atoms. The van der Waals surface area contributed by atoms with Crippen LogP contribution in [0, 0.1) is 11.7 Å². The first kappa shape index (κ1) is 25.6. The van der Waals surface area contributed by atoms with Gasteiger partial charge in [0.05, 0.1) is 37.2 Å². The Morgan fingerprint density at radius 1 is 1.41 bits per heavy atom. The molecule has 2 N–H and O–H groups in total. The third kappa shape index (κ3) is 6.73. The van der Waals surface area contributed by atoms with Crippen LogP contribution in [0.3, 0.4) is 0 Å². The van der Waals surface area contributed by atoms with E-state index in [1.54, 1.807) is 41.9 Å². The summed E-state index contributed by atoms with van der Waals surface area (Å²) in [6.45, 7) is 4.90. The number of urea groups is 1. The number of carbonyl (C=O) groups is 2. The van der Waals surface area contributed by atoms with E-state index >= 15 is 0 Å². The quantitative estimate of drug-likeness (QED) is 0.684. The van der Waals surface area contributed by atoms with Crippen molar-refractivity contribution in [3.05, 3.63) is 42.0 Å². The van der Waals surface area contributed by atoms with E-state index in [1.807, 2.05) is 6.92 Å². The number of aryl methyl sites for hydroxylation is 1. The van der Waals surface area contributed by atoms with E-state index in [0.717, 1.165) is 0 Å². The third-order valence-corrected chi connectivity index (χ3v) is 5.96. The number of amides is 3. The van der Waals surface area contributed by atoms with Crippen LogP contribution in [0.2, 0.25) is 0 Å². The highest BCUT2D eigenvalue weighted by molar-refractivity contribution is 5.89. The molecular formula is C23H33FN6O4. The molecule has 3 atom stereocenters. The van der Waals surface area contributed by atoms with E-state index in [0.29, 0.717) is 31.6 Å². The molecule has 0 radical (unpaired) electrons. The third-order valence-electron chi connectivity index (χ3n) is 5.96. The van der Waals surface area contributed by atoms with Crippen LogP contribution in [0.4, 0.5) is 14.9 Å². The summed E-state index contributed by atoms with van der Waals surface area (Å²) in [5, 5.41) is 20.5. The minimum Gasteiger partial charge on any atom is -0.394 e. The maximum Gasteiger partial charge on any atom is 0.321 e. The Morgan fingerprint density at radius 3 is 2.91 bits per heavy atom. The molecule has 2 heterocycles. The van der Waals surface area contributed by atoms with E-state index < -0.39 is 18.0 Å². The zero-order valence-electron chi connectivity index (χ0n) is 19.9. The van der Waals surface area contributed by atoms with Crippen molar-refractivity contribution in [2.75, 3.05) is 32.1 Å². The van der Waals surface area contributed by atoms with Crippen LogP contribution in [0.15, 0.2) is 30.5 Å². The molecule has 34 heavy (non-hydrogen) atoms. The molecule has 1 aliphatic heterocycles. The largest absolute Gasteiger partial charge is 0.394 e. The van der Waals surface area contributed by atoms with Gasteiger partial charge in [0.2, 0.25) is 5.91 Å². The Morgan fingerprint density at radius 2 is 2.18 bits per heavy atom. The number of hydrogen-bond donors (Lipinski definition) is 2. The molecule has 11 heteroatoms. The number of likely N-dealkylation sites (N-methyl/N-ethyl adjacent to an activating group) is 1. The Labute approximate surface area is 198 Å². The molecule has 3 rings (SSSR count). The molecule has 1 aromatic heterocycles. The van der Waals surface area contributed by atoms with E-state index in [9.17, 15) is 19.1 Å². The predicted octanol–water partition coefficient (Wildman–Crippen LogP) is 2.11. The van der Waals surface area contributed by atoms with E-state index in [1.165, 1.54) is 17.0 Å². The Kier molecular flexibility index (Phi) is 8.94. The molecule has 0 aliphatic carbocycles. The molecule has 2 aromatic rings. The van der Waals surface area contributed by atoms with Crippen molar-refractivity contribution in [3.63, 3.8) is 0 Å². The van der Waals surface area contributed by atoms with E-state index in [4.69, 9.17) is 4.74 Å². The van der Waals surface area contributed by atoms with Gasteiger partial charge in [0.1, 0.15) is 11.5 Å². The molecule has 0 fully saturated rings. The number of aliphatic hydroxyl groups is 1. The van der Waals surface area contributed by atoms with Crippen LogP contribution in [0.25, 0.3) is 0 Å². The minimum atomic E-state index is -0.522. The number of para-hydroxylation sites is 1. The van der Waals surface area contributed by atoms with Crippen LogP contribution in [0.1, 0.15) is 32.4 Å². The molecule has 0 saturated heterocycles. The fourth-order valence-electron chi connectivity index (χ4n) is 3.82. The monoisotopic (exact) mass is 476 g/mol. The number of halogens is 1. The van der Waals surface area contributed by atoms with Gasteiger partial charge in [-0.25, -0.2) is 9.18 Å². The van der Waals surface area contributed by atoms with E-state index in [2.05, 4.69) is 15.6 Å². The minimum absolute atomic E-state index is 0.0580. The molecule has 0 saturated carbocycles. The van der Waals surface area contributed by atoms with Gasteiger partial charge in [0.15, 0.2) is 0 Å². The molecule has 0 unspecified atom stereocenters. The Hall–Kier alpha value is -3.05. The first-order valence-electron chi connectivity index (χ1n) is 11.5. The normalized spacial score (nSPS) is 20.6. The summed E-state index contributed by atoms with van der Waals surface area (Å²) in [6.07, 6.45) is 2.26. The fraction of sp³-hybridized carbons (Fsp3) is 0.565. The van der Waals surface area contributed by atoms with Crippen molar-refractivity contribution in [3.8, 4) is 0 Å². The molecule has 10 nitrogen and oxygen atoms in total. The number of benzene rings is 1. The second kappa shape index (κ2) is 11.9. The summed E-state index contributed by atoms with van der Waals surface area (Å²) >= 11 is 0. The van der Waals surface area contributed by atoms with Crippen molar-refractivity contribution >= 4 is 17.6 Å². The lowest BCUT2D eigenvalue weighted by molar-refractivity contribution is -0.136. The van der Waals surface area contributed by atoms with Gasteiger partial charge in [-0.15, -0.1) is 5.10 Å². The number of carbonyl (C=O) groups excluding carboxylic acids is 2. The highest BCUT2D eigenvalue weighted by Gasteiger charge is 2.29. The smallest absolute Gasteiger partial charge is 0.321 e.